The number of anilines is 3. The van der Waals surface area contributed by atoms with Crippen molar-refractivity contribution in [1.29, 1.82) is 0 Å². The number of fused-ring (bicyclic) bond motifs is 3. The summed E-state index contributed by atoms with van der Waals surface area (Å²) in [5.41, 5.74) is 11.5. The molecular formula is C42H32N4. The largest absolute Gasteiger partial charge is 0.295 e. The van der Waals surface area contributed by atoms with E-state index in [1.165, 1.54) is 16.7 Å². The maximum absolute atomic E-state index is 5.21. The van der Waals surface area contributed by atoms with E-state index >= 15 is 0 Å². The van der Waals surface area contributed by atoms with E-state index < -0.39 is 0 Å². The lowest BCUT2D eigenvalue weighted by molar-refractivity contribution is 0.657. The fourth-order valence-electron chi connectivity index (χ4n) is 6.60. The fraction of sp³-hybridized carbons (Fsp3) is 0.0714. The lowest BCUT2D eigenvalue weighted by atomic mass is 9.81. The molecular weight excluding hydrogens is 560 g/mol. The minimum atomic E-state index is -0.359. The Morgan fingerprint density at radius 2 is 1.00 bits per heavy atom. The van der Waals surface area contributed by atoms with Crippen LogP contribution in [0.25, 0.3) is 45.0 Å². The minimum absolute atomic E-state index is 0.359. The summed E-state index contributed by atoms with van der Waals surface area (Å²) in [7, 11) is 0. The topological polar surface area (TPSA) is 41.9 Å². The van der Waals surface area contributed by atoms with E-state index in [9.17, 15) is 0 Å². The van der Waals surface area contributed by atoms with Gasteiger partial charge in [0.05, 0.1) is 11.4 Å². The Labute approximate surface area is 269 Å². The average molecular weight is 593 g/mol. The summed E-state index contributed by atoms with van der Waals surface area (Å²) in [4.78, 5) is 17.8. The molecule has 0 amide bonds. The highest BCUT2D eigenvalue weighted by atomic mass is 15.2. The van der Waals surface area contributed by atoms with Gasteiger partial charge in [0.1, 0.15) is 5.82 Å². The first-order chi connectivity index (χ1) is 22.6. The molecule has 0 fully saturated rings. The molecule has 0 bridgehead atoms. The molecule has 4 nitrogen and oxygen atoms in total. The van der Waals surface area contributed by atoms with Crippen molar-refractivity contribution in [2.45, 2.75) is 19.3 Å². The predicted molar refractivity (Wildman–Crippen MR) is 188 cm³/mol. The number of pyridine rings is 1. The van der Waals surface area contributed by atoms with Crippen LogP contribution in [0, 0.1) is 0 Å². The van der Waals surface area contributed by atoms with E-state index in [-0.39, 0.29) is 5.41 Å². The molecule has 0 N–H and O–H groups in total. The molecule has 8 rings (SSSR count). The van der Waals surface area contributed by atoms with Gasteiger partial charge in [-0.1, -0.05) is 135 Å². The Kier molecular flexibility index (Phi) is 6.76. The van der Waals surface area contributed by atoms with Crippen molar-refractivity contribution in [3.8, 4) is 45.0 Å². The monoisotopic (exact) mass is 592 g/mol. The molecule has 0 unspecified atom stereocenters. The molecule has 0 aliphatic heterocycles. The van der Waals surface area contributed by atoms with Crippen molar-refractivity contribution in [3.05, 3.63) is 169 Å². The van der Waals surface area contributed by atoms with Gasteiger partial charge in [0.15, 0.2) is 5.82 Å². The van der Waals surface area contributed by atoms with Crippen LogP contribution < -0.4 is 4.90 Å². The predicted octanol–water partition coefficient (Wildman–Crippen LogP) is 10.6. The first-order valence-corrected chi connectivity index (χ1v) is 15.6. The molecule has 0 saturated heterocycles. The van der Waals surface area contributed by atoms with Gasteiger partial charge >= 0.3 is 0 Å². The molecule has 2 aromatic heterocycles. The van der Waals surface area contributed by atoms with Crippen LogP contribution in [0.1, 0.15) is 25.0 Å². The van der Waals surface area contributed by atoms with Crippen LogP contribution in [0.5, 0.6) is 0 Å². The van der Waals surface area contributed by atoms with E-state index in [2.05, 4.69) is 134 Å². The highest BCUT2D eigenvalue weighted by Crippen LogP contribution is 2.52. The van der Waals surface area contributed by atoms with E-state index in [4.69, 9.17) is 15.0 Å². The number of rotatable bonds is 6. The van der Waals surface area contributed by atoms with Crippen molar-refractivity contribution in [2.24, 2.45) is 0 Å². The highest BCUT2D eigenvalue weighted by molar-refractivity contribution is 5.87. The zero-order valence-electron chi connectivity index (χ0n) is 25.8. The first kappa shape index (κ1) is 27.7. The summed E-state index contributed by atoms with van der Waals surface area (Å²) in [5.74, 6) is 1.58. The van der Waals surface area contributed by atoms with Gasteiger partial charge in [-0.05, 0) is 47.0 Å². The smallest absolute Gasteiger partial charge is 0.160 e. The van der Waals surface area contributed by atoms with E-state index in [0.29, 0.717) is 0 Å². The number of para-hydroxylation sites is 1. The van der Waals surface area contributed by atoms with E-state index in [1.54, 1.807) is 0 Å². The number of hydrogen-bond acceptors (Lipinski definition) is 4. The lowest BCUT2D eigenvalue weighted by Gasteiger charge is -2.27. The average Bonchev–Trinajstić information content (AvgIpc) is 3.35. The second-order valence-corrected chi connectivity index (χ2v) is 12.1. The van der Waals surface area contributed by atoms with Crippen LogP contribution in [0.3, 0.4) is 0 Å². The Morgan fingerprint density at radius 1 is 0.500 bits per heavy atom. The molecule has 4 heteroatoms. The zero-order valence-corrected chi connectivity index (χ0v) is 25.8. The Bertz CT molecular complexity index is 2140. The Balaban J connectivity index is 1.29. The summed E-state index contributed by atoms with van der Waals surface area (Å²) in [5, 5.41) is 0. The number of hydrogen-bond donors (Lipinski definition) is 0. The summed E-state index contributed by atoms with van der Waals surface area (Å²) in [6.45, 7) is 4.56. The molecule has 46 heavy (non-hydrogen) atoms. The van der Waals surface area contributed by atoms with E-state index in [1.807, 2.05) is 42.6 Å². The highest BCUT2D eigenvalue weighted by Gasteiger charge is 2.41. The molecule has 1 aliphatic rings. The van der Waals surface area contributed by atoms with Crippen LogP contribution >= 0.6 is 0 Å². The maximum Gasteiger partial charge on any atom is 0.160 e. The molecule has 5 aromatic carbocycles. The van der Waals surface area contributed by atoms with Crippen molar-refractivity contribution >= 4 is 17.2 Å². The van der Waals surface area contributed by atoms with Gasteiger partial charge < -0.3 is 0 Å². The van der Waals surface area contributed by atoms with Gasteiger partial charge in [-0.25, -0.2) is 15.0 Å². The molecule has 0 radical (unpaired) electrons. The normalized spacial score (nSPS) is 12.7. The molecule has 1 aliphatic carbocycles. The molecule has 0 saturated carbocycles. The van der Waals surface area contributed by atoms with Crippen LogP contribution in [0.2, 0.25) is 0 Å². The summed E-state index contributed by atoms with van der Waals surface area (Å²) >= 11 is 0. The van der Waals surface area contributed by atoms with Crippen LogP contribution in [-0.4, -0.2) is 15.0 Å². The van der Waals surface area contributed by atoms with Gasteiger partial charge in [-0.15, -0.1) is 0 Å². The van der Waals surface area contributed by atoms with Gasteiger partial charge in [-0.2, -0.15) is 0 Å². The lowest BCUT2D eigenvalue weighted by Crippen LogP contribution is -2.19. The second kappa shape index (κ2) is 11.2. The van der Waals surface area contributed by atoms with Crippen LogP contribution in [0.15, 0.2) is 158 Å². The minimum Gasteiger partial charge on any atom is -0.295 e. The third kappa shape index (κ3) is 4.76. The van der Waals surface area contributed by atoms with Crippen molar-refractivity contribution in [2.75, 3.05) is 4.90 Å². The van der Waals surface area contributed by atoms with E-state index in [0.717, 1.165) is 56.7 Å². The third-order valence-electron chi connectivity index (χ3n) is 8.91. The van der Waals surface area contributed by atoms with Gasteiger partial charge in [-0.3, -0.25) is 4.90 Å². The molecule has 2 heterocycles. The van der Waals surface area contributed by atoms with Crippen LogP contribution in [-0.2, 0) is 5.41 Å². The second-order valence-electron chi connectivity index (χ2n) is 12.1. The Hall–Kier alpha value is -5.87. The molecule has 0 spiro atoms. The SMILES string of the molecule is CC1(C)c2cc(N(c3ccccc3)c3ccc(-c4ccccc4)cc3)ncc2-c2nc(-c3ccccc3)nc(-c3ccccc3)c21. The van der Waals surface area contributed by atoms with Gasteiger partial charge in [0.25, 0.3) is 0 Å². The summed E-state index contributed by atoms with van der Waals surface area (Å²) in [6, 6.07) is 52.6. The molecule has 220 valence electrons. The molecule has 0 atom stereocenters. The Morgan fingerprint density at radius 3 is 1.63 bits per heavy atom. The van der Waals surface area contributed by atoms with Crippen molar-refractivity contribution in [1.82, 2.24) is 15.0 Å². The van der Waals surface area contributed by atoms with Gasteiger partial charge in [0, 0.05) is 45.2 Å². The van der Waals surface area contributed by atoms with Crippen molar-refractivity contribution in [3.63, 3.8) is 0 Å². The summed E-state index contributed by atoms with van der Waals surface area (Å²) < 4.78 is 0. The zero-order chi connectivity index (χ0) is 31.1. The standard InChI is InChI=1S/C42H32N4/c1-42(2)36-27-37(46(33-21-13-6-14-22-33)34-25-23-30(24-26-34)29-15-7-3-8-16-29)43-28-35(36)40-38(42)39(31-17-9-4-10-18-31)44-41(45-40)32-19-11-5-12-20-32/h3-28H,1-2H3. The van der Waals surface area contributed by atoms with Crippen LogP contribution in [0.4, 0.5) is 17.2 Å². The molecule has 7 aromatic rings. The number of nitrogens with zero attached hydrogens (tertiary/aromatic N) is 4. The van der Waals surface area contributed by atoms with Crippen molar-refractivity contribution < 1.29 is 0 Å². The fourth-order valence-corrected chi connectivity index (χ4v) is 6.60. The quantitative estimate of drug-likeness (QED) is 0.193. The summed E-state index contributed by atoms with van der Waals surface area (Å²) in [6.07, 6.45) is 2.00. The first-order valence-electron chi connectivity index (χ1n) is 15.6. The third-order valence-corrected chi connectivity index (χ3v) is 8.91. The van der Waals surface area contributed by atoms with Gasteiger partial charge in [0.2, 0.25) is 0 Å². The number of benzene rings is 5. The maximum atomic E-state index is 5.21. The number of aromatic nitrogens is 3.